The van der Waals surface area contributed by atoms with Gasteiger partial charge in [0.1, 0.15) is 11.6 Å². The van der Waals surface area contributed by atoms with Gasteiger partial charge in [0.2, 0.25) is 0 Å². The molecule has 0 aliphatic carbocycles. The standard InChI is InChI=1S/C18H29N7.ClH/c1-4-25-14(3)16(13(2)22-25)12-23-8-5-15(6-9-23)18-21-20-17-11-19-7-10-24(17)18;/h15,19H,4-12H2,1-3H3;1H. The summed E-state index contributed by atoms with van der Waals surface area (Å²) in [5, 5.41) is 16.9. The quantitative estimate of drug-likeness (QED) is 0.880. The van der Waals surface area contributed by atoms with Crippen molar-refractivity contribution in [3.63, 3.8) is 0 Å². The summed E-state index contributed by atoms with van der Waals surface area (Å²) in [7, 11) is 0. The van der Waals surface area contributed by atoms with Gasteiger partial charge in [-0.15, -0.1) is 22.6 Å². The summed E-state index contributed by atoms with van der Waals surface area (Å²) in [5.74, 6) is 2.86. The number of fused-ring (bicyclic) bond motifs is 1. The average Bonchev–Trinajstić information content (AvgIpc) is 3.18. The molecule has 8 heteroatoms. The van der Waals surface area contributed by atoms with E-state index in [9.17, 15) is 0 Å². The number of nitrogens with one attached hydrogen (secondary N) is 1. The van der Waals surface area contributed by atoms with E-state index in [1.54, 1.807) is 0 Å². The van der Waals surface area contributed by atoms with Crippen LogP contribution in [-0.4, -0.2) is 49.1 Å². The van der Waals surface area contributed by atoms with E-state index in [4.69, 9.17) is 0 Å². The highest BCUT2D eigenvalue weighted by Gasteiger charge is 2.27. The van der Waals surface area contributed by atoms with E-state index in [2.05, 4.69) is 55.5 Å². The minimum absolute atomic E-state index is 0. The Morgan fingerprint density at radius 1 is 1.12 bits per heavy atom. The second-order valence-electron chi connectivity index (χ2n) is 7.32. The molecule has 0 bridgehead atoms. The summed E-state index contributed by atoms with van der Waals surface area (Å²) in [5.41, 5.74) is 3.91. The molecule has 2 aliphatic heterocycles. The molecule has 0 aromatic carbocycles. The van der Waals surface area contributed by atoms with Crippen LogP contribution in [0, 0.1) is 13.8 Å². The van der Waals surface area contributed by atoms with Crippen molar-refractivity contribution in [1.29, 1.82) is 0 Å². The second kappa shape index (κ2) is 8.06. The van der Waals surface area contributed by atoms with Crippen LogP contribution in [0.3, 0.4) is 0 Å². The maximum absolute atomic E-state index is 4.66. The highest BCUT2D eigenvalue weighted by Crippen LogP contribution is 2.29. The van der Waals surface area contributed by atoms with E-state index in [0.29, 0.717) is 5.92 Å². The van der Waals surface area contributed by atoms with E-state index in [0.717, 1.165) is 51.6 Å². The lowest BCUT2D eigenvalue weighted by molar-refractivity contribution is 0.199. The fourth-order valence-corrected chi connectivity index (χ4v) is 4.26. The molecule has 0 amide bonds. The molecule has 0 spiro atoms. The van der Waals surface area contributed by atoms with Crippen molar-refractivity contribution in [3.05, 3.63) is 28.6 Å². The van der Waals surface area contributed by atoms with Gasteiger partial charge in [-0.1, -0.05) is 0 Å². The fourth-order valence-electron chi connectivity index (χ4n) is 4.26. The summed E-state index contributed by atoms with van der Waals surface area (Å²) in [6.45, 7) is 13.6. The van der Waals surface area contributed by atoms with Crippen molar-refractivity contribution in [1.82, 2.24) is 34.8 Å². The number of rotatable bonds is 4. The smallest absolute Gasteiger partial charge is 0.147 e. The molecular weight excluding hydrogens is 350 g/mol. The Labute approximate surface area is 161 Å². The predicted molar refractivity (Wildman–Crippen MR) is 104 cm³/mol. The van der Waals surface area contributed by atoms with Crippen molar-refractivity contribution in [2.24, 2.45) is 0 Å². The maximum Gasteiger partial charge on any atom is 0.147 e. The van der Waals surface area contributed by atoms with Gasteiger partial charge in [-0.3, -0.25) is 9.58 Å². The lowest BCUT2D eigenvalue weighted by atomic mass is 9.95. The van der Waals surface area contributed by atoms with Crippen molar-refractivity contribution in [2.45, 2.75) is 65.7 Å². The highest BCUT2D eigenvalue weighted by molar-refractivity contribution is 5.85. The summed E-state index contributed by atoms with van der Waals surface area (Å²) >= 11 is 0. The molecule has 26 heavy (non-hydrogen) atoms. The Kier molecular flexibility index (Phi) is 5.99. The summed E-state index contributed by atoms with van der Waals surface area (Å²) in [4.78, 5) is 2.57. The normalized spacial score (nSPS) is 18.6. The number of halogens is 1. The maximum atomic E-state index is 4.66. The monoisotopic (exact) mass is 379 g/mol. The third kappa shape index (κ3) is 3.52. The van der Waals surface area contributed by atoms with E-state index < -0.39 is 0 Å². The van der Waals surface area contributed by atoms with Gasteiger partial charge in [-0.05, 0) is 46.7 Å². The van der Waals surface area contributed by atoms with Crippen LogP contribution in [0.15, 0.2) is 0 Å². The molecule has 7 nitrogen and oxygen atoms in total. The highest BCUT2D eigenvalue weighted by atomic mass is 35.5. The zero-order valence-electron chi connectivity index (χ0n) is 16.0. The second-order valence-corrected chi connectivity index (χ2v) is 7.32. The Bertz CT molecular complexity index is 743. The summed E-state index contributed by atoms with van der Waals surface area (Å²) in [6.07, 6.45) is 2.34. The van der Waals surface area contributed by atoms with Gasteiger partial charge in [0.15, 0.2) is 0 Å². The van der Waals surface area contributed by atoms with Gasteiger partial charge in [0, 0.05) is 43.4 Å². The molecule has 1 saturated heterocycles. The molecule has 0 radical (unpaired) electrons. The van der Waals surface area contributed by atoms with Gasteiger partial charge in [-0.25, -0.2) is 0 Å². The van der Waals surface area contributed by atoms with Crippen LogP contribution < -0.4 is 5.32 Å². The first-order valence-electron chi connectivity index (χ1n) is 9.55. The zero-order valence-corrected chi connectivity index (χ0v) is 16.8. The first-order chi connectivity index (χ1) is 12.2. The topological polar surface area (TPSA) is 63.8 Å². The number of aromatic nitrogens is 5. The minimum atomic E-state index is 0. The van der Waals surface area contributed by atoms with Crippen molar-refractivity contribution < 1.29 is 0 Å². The Hall–Kier alpha value is -1.44. The lowest BCUT2D eigenvalue weighted by Gasteiger charge is -2.32. The van der Waals surface area contributed by atoms with E-state index in [1.165, 1.54) is 35.6 Å². The van der Waals surface area contributed by atoms with Crippen LogP contribution >= 0.6 is 12.4 Å². The summed E-state index contributed by atoms with van der Waals surface area (Å²) < 4.78 is 4.46. The van der Waals surface area contributed by atoms with E-state index >= 15 is 0 Å². The number of likely N-dealkylation sites (tertiary alicyclic amines) is 1. The molecule has 4 rings (SSSR count). The van der Waals surface area contributed by atoms with Crippen molar-refractivity contribution in [2.75, 3.05) is 19.6 Å². The number of hydrogen-bond acceptors (Lipinski definition) is 5. The van der Waals surface area contributed by atoms with Crippen LogP contribution in [0.1, 0.15) is 54.3 Å². The Morgan fingerprint density at radius 2 is 1.88 bits per heavy atom. The molecular formula is C18H30ClN7. The van der Waals surface area contributed by atoms with Crippen molar-refractivity contribution in [3.8, 4) is 0 Å². The summed E-state index contributed by atoms with van der Waals surface area (Å²) in [6, 6.07) is 0. The van der Waals surface area contributed by atoms with Gasteiger partial charge in [0.25, 0.3) is 0 Å². The van der Waals surface area contributed by atoms with Gasteiger partial charge >= 0.3 is 0 Å². The minimum Gasteiger partial charge on any atom is -0.312 e. The molecule has 0 atom stereocenters. The Balaban J connectivity index is 0.00000196. The zero-order chi connectivity index (χ0) is 17.4. The third-order valence-electron chi connectivity index (χ3n) is 5.82. The molecule has 144 valence electrons. The molecule has 4 heterocycles. The van der Waals surface area contributed by atoms with E-state index in [1.807, 2.05) is 0 Å². The molecule has 0 saturated carbocycles. The first kappa shape index (κ1) is 19.3. The third-order valence-corrected chi connectivity index (χ3v) is 5.82. The van der Waals surface area contributed by atoms with Gasteiger partial charge in [-0.2, -0.15) is 5.10 Å². The Morgan fingerprint density at radius 3 is 2.58 bits per heavy atom. The molecule has 1 fully saturated rings. The van der Waals surface area contributed by atoms with Crippen LogP contribution in [0.4, 0.5) is 0 Å². The predicted octanol–water partition coefficient (Wildman–Crippen LogP) is 2.02. The van der Waals surface area contributed by atoms with Crippen LogP contribution in [0.5, 0.6) is 0 Å². The molecule has 2 aromatic rings. The molecule has 0 unspecified atom stereocenters. The fraction of sp³-hybridized carbons (Fsp3) is 0.722. The van der Waals surface area contributed by atoms with Gasteiger partial charge in [0.05, 0.1) is 12.2 Å². The van der Waals surface area contributed by atoms with Crippen LogP contribution in [0.25, 0.3) is 0 Å². The molecule has 1 N–H and O–H groups in total. The SMILES string of the molecule is CCn1nc(C)c(CN2CCC(c3nnc4n3CCNC4)CC2)c1C.Cl. The number of piperidine rings is 1. The molecule has 2 aliphatic rings. The number of aryl methyl sites for hydroxylation is 2. The first-order valence-corrected chi connectivity index (χ1v) is 9.55. The number of nitrogens with zero attached hydrogens (tertiary/aromatic N) is 6. The lowest BCUT2D eigenvalue weighted by Crippen LogP contribution is -2.35. The van der Waals surface area contributed by atoms with Crippen LogP contribution in [0.2, 0.25) is 0 Å². The largest absolute Gasteiger partial charge is 0.312 e. The van der Waals surface area contributed by atoms with Crippen molar-refractivity contribution >= 4 is 12.4 Å². The molecule has 2 aromatic heterocycles. The number of hydrogen-bond donors (Lipinski definition) is 1. The van der Waals surface area contributed by atoms with Crippen LogP contribution in [-0.2, 0) is 26.2 Å². The van der Waals surface area contributed by atoms with Gasteiger partial charge < -0.3 is 9.88 Å². The average molecular weight is 380 g/mol. The van der Waals surface area contributed by atoms with E-state index in [-0.39, 0.29) is 12.4 Å².